The van der Waals surface area contributed by atoms with Crippen LogP contribution in [-0.4, -0.2) is 22.0 Å². The summed E-state index contributed by atoms with van der Waals surface area (Å²) in [6.45, 7) is 1.96. The van der Waals surface area contributed by atoms with Gasteiger partial charge in [-0.05, 0) is 42.7 Å². The second-order valence-electron chi connectivity index (χ2n) is 6.28. The molecule has 1 atom stereocenters. The molecule has 0 aliphatic rings. The zero-order valence-corrected chi connectivity index (χ0v) is 17.4. The van der Waals surface area contributed by atoms with Gasteiger partial charge in [0, 0.05) is 16.6 Å². The van der Waals surface area contributed by atoms with Crippen molar-refractivity contribution in [2.45, 2.75) is 17.9 Å². The van der Waals surface area contributed by atoms with Crippen LogP contribution in [0.25, 0.3) is 10.8 Å². The van der Waals surface area contributed by atoms with Crippen molar-refractivity contribution in [3.63, 3.8) is 0 Å². The van der Waals surface area contributed by atoms with Crippen molar-refractivity contribution in [1.29, 1.82) is 0 Å². The van der Waals surface area contributed by atoms with Crippen LogP contribution in [0, 0.1) is 6.92 Å². The maximum Gasteiger partial charge on any atom is 0.252 e. The smallest absolute Gasteiger partial charge is 0.252 e. The Balaban J connectivity index is 1.69. The Bertz CT molecular complexity index is 987. The van der Waals surface area contributed by atoms with Crippen molar-refractivity contribution in [2.75, 3.05) is 5.32 Å². The van der Waals surface area contributed by atoms with Crippen molar-refractivity contribution in [2.24, 2.45) is 0 Å². The van der Waals surface area contributed by atoms with E-state index in [2.05, 4.69) is 16.0 Å². The van der Waals surface area contributed by atoms with E-state index in [9.17, 15) is 4.79 Å². The number of hydrogen-bond acceptors (Lipinski definition) is 2. The van der Waals surface area contributed by atoms with Crippen molar-refractivity contribution in [3.8, 4) is 0 Å². The highest BCUT2D eigenvalue weighted by molar-refractivity contribution is 7.80. The molecule has 0 unspecified atom stereocenters. The van der Waals surface area contributed by atoms with Crippen LogP contribution in [0.2, 0.25) is 0 Å². The molecule has 3 aromatic rings. The summed E-state index contributed by atoms with van der Waals surface area (Å²) >= 11 is 17.5. The summed E-state index contributed by atoms with van der Waals surface area (Å²) in [5.41, 5.74) is 2.43. The highest BCUT2D eigenvalue weighted by Gasteiger charge is 2.21. The zero-order chi connectivity index (χ0) is 20.1. The van der Waals surface area contributed by atoms with Gasteiger partial charge in [-0.3, -0.25) is 4.79 Å². The normalized spacial score (nSPS) is 11.9. The average Bonchev–Trinajstić information content (AvgIpc) is 2.68. The summed E-state index contributed by atoms with van der Waals surface area (Å²) in [6, 6.07) is 21.1. The molecule has 3 aromatic carbocycles. The van der Waals surface area contributed by atoms with Gasteiger partial charge in [-0.1, -0.05) is 54.1 Å². The molecule has 7 heteroatoms. The lowest BCUT2D eigenvalue weighted by Gasteiger charge is -2.23. The number of thiocarbonyl (C=S) groups is 1. The number of halogens is 2. The van der Waals surface area contributed by atoms with E-state index in [1.807, 2.05) is 61.5 Å². The van der Waals surface area contributed by atoms with Crippen LogP contribution in [0.5, 0.6) is 0 Å². The molecule has 0 bridgehead atoms. The summed E-state index contributed by atoms with van der Waals surface area (Å²) in [4.78, 5) is 11.6. The maximum absolute atomic E-state index is 12.5. The molecule has 28 heavy (non-hydrogen) atoms. The average molecular weight is 432 g/mol. The lowest BCUT2D eigenvalue weighted by molar-refractivity contribution is 0.0936. The molecule has 0 aromatic heterocycles. The Morgan fingerprint density at radius 3 is 2.32 bits per heavy atom. The molecule has 0 spiro atoms. The quantitative estimate of drug-likeness (QED) is 0.302. The predicted octanol–water partition coefficient (Wildman–Crippen LogP) is 4.99. The van der Waals surface area contributed by atoms with Crippen molar-refractivity contribution >= 4 is 62.9 Å². The Morgan fingerprint density at radius 1 is 0.929 bits per heavy atom. The third-order valence-electron chi connectivity index (χ3n) is 4.18. The third-order valence-corrected chi connectivity index (χ3v) is 4.90. The van der Waals surface area contributed by atoms with Crippen LogP contribution >= 0.6 is 35.4 Å². The number of aryl methyl sites for hydroxylation is 1. The van der Waals surface area contributed by atoms with Gasteiger partial charge in [0.25, 0.3) is 5.91 Å². The van der Waals surface area contributed by atoms with Crippen LogP contribution in [0.4, 0.5) is 5.69 Å². The molecule has 1 amide bonds. The van der Waals surface area contributed by atoms with E-state index in [1.54, 1.807) is 12.1 Å². The van der Waals surface area contributed by atoms with Crippen LogP contribution in [0.1, 0.15) is 15.9 Å². The number of fused-ring (bicyclic) bond motifs is 1. The van der Waals surface area contributed by atoms with Gasteiger partial charge in [-0.15, -0.1) is 23.2 Å². The lowest BCUT2D eigenvalue weighted by Crippen LogP contribution is -2.52. The number of carbonyl (C=O) groups excluding carboxylic acids is 1. The highest BCUT2D eigenvalue weighted by atomic mass is 35.5. The molecule has 0 fully saturated rings. The van der Waals surface area contributed by atoms with Gasteiger partial charge < -0.3 is 16.0 Å². The number of hydrogen-bond donors (Lipinski definition) is 3. The van der Waals surface area contributed by atoms with Gasteiger partial charge in [0.1, 0.15) is 11.0 Å². The van der Waals surface area contributed by atoms with Crippen molar-refractivity contribution in [3.05, 3.63) is 77.9 Å². The maximum atomic E-state index is 12.5. The Hall–Kier alpha value is -2.34. The van der Waals surface area contributed by atoms with Crippen LogP contribution in [-0.2, 0) is 0 Å². The fourth-order valence-corrected chi connectivity index (χ4v) is 3.21. The minimum absolute atomic E-state index is 0.295. The zero-order valence-electron chi connectivity index (χ0n) is 15.1. The summed E-state index contributed by atoms with van der Waals surface area (Å²) in [5, 5.41) is 11.3. The number of benzene rings is 3. The number of rotatable bonds is 5. The first-order valence-corrected chi connectivity index (χ1v) is 9.93. The molecule has 0 saturated carbocycles. The largest absolute Gasteiger partial charge is 0.340 e. The molecule has 0 aliphatic heterocycles. The van der Waals surface area contributed by atoms with Gasteiger partial charge in [-0.2, -0.15) is 0 Å². The lowest BCUT2D eigenvalue weighted by atomic mass is 10.1. The van der Waals surface area contributed by atoms with E-state index in [-0.39, 0.29) is 5.91 Å². The van der Waals surface area contributed by atoms with E-state index in [0.29, 0.717) is 10.7 Å². The van der Waals surface area contributed by atoms with Gasteiger partial charge in [0.15, 0.2) is 5.11 Å². The molecule has 3 rings (SSSR count). The minimum atomic E-state index is -0.901. The van der Waals surface area contributed by atoms with Gasteiger partial charge in [-0.25, -0.2) is 0 Å². The van der Waals surface area contributed by atoms with Gasteiger partial charge in [0.05, 0.1) is 0 Å². The van der Waals surface area contributed by atoms with Gasteiger partial charge >= 0.3 is 0 Å². The summed E-state index contributed by atoms with van der Waals surface area (Å²) in [7, 11) is 0. The summed E-state index contributed by atoms with van der Waals surface area (Å²) < 4.78 is 0. The topological polar surface area (TPSA) is 53.2 Å². The van der Waals surface area contributed by atoms with Gasteiger partial charge in [0.2, 0.25) is 0 Å². The highest BCUT2D eigenvalue weighted by Crippen LogP contribution is 2.23. The second kappa shape index (κ2) is 9.24. The third kappa shape index (κ3) is 5.13. The first-order chi connectivity index (χ1) is 13.4. The molecule has 0 saturated heterocycles. The van der Waals surface area contributed by atoms with Crippen molar-refractivity contribution < 1.29 is 4.79 Å². The molecule has 0 radical (unpaired) electrons. The molecule has 0 heterocycles. The number of anilines is 1. The molecule has 0 aliphatic carbocycles. The fourth-order valence-electron chi connectivity index (χ4n) is 2.73. The molecule has 3 N–H and O–H groups in total. The van der Waals surface area contributed by atoms with Crippen LogP contribution in [0.15, 0.2) is 66.7 Å². The number of alkyl halides is 2. The molecular weight excluding hydrogens is 413 g/mol. The van der Waals surface area contributed by atoms with E-state index in [1.165, 1.54) is 0 Å². The van der Waals surface area contributed by atoms with Crippen LogP contribution < -0.4 is 16.0 Å². The Morgan fingerprint density at radius 2 is 1.61 bits per heavy atom. The van der Waals surface area contributed by atoms with E-state index >= 15 is 0 Å². The number of nitrogens with one attached hydrogen (secondary N) is 3. The first-order valence-electron chi connectivity index (χ1n) is 8.65. The SMILES string of the molecule is Cc1ccc(C(=O)N[C@H](NC(=S)Nc2cccc3ccccc23)C(Cl)Cl)cc1. The molecule has 4 nitrogen and oxygen atoms in total. The number of amides is 1. The van der Waals surface area contributed by atoms with Crippen molar-refractivity contribution in [1.82, 2.24) is 10.6 Å². The van der Waals surface area contributed by atoms with Crippen LogP contribution in [0.3, 0.4) is 0 Å². The first kappa shape index (κ1) is 20.4. The summed E-state index contributed by atoms with van der Waals surface area (Å²) in [6.07, 6.45) is -0.757. The Labute approximate surface area is 179 Å². The number of carbonyl (C=O) groups is 1. The monoisotopic (exact) mass is 431 g/mol. The fraction of sp³-hybridized carbons (Fsp3) is 0.143. The molecular formula is C21H19Cl2N3OS. The minimum Gasteiger partial charge on any atom is -0.340 e. The van der Waals surface area contributed by atoms with E-state index in [4.69, 9.17) is 35.4 Å². The summed E-state index contributed by atoms with van der Waals surface area (Å²) in [5.74, 6) is -0.295. The Kier molecular flexibility index (Phi) is 6.73. The second-order valence-corrected chi connectivity index (χ2v) is 7.85. The van der Waals surface area contributed by atoms with E-state index in [0.717, 1.165) is 22.0 Å². The standard InChI is InChI=1S/C21H19Cl2N3OS/c1-13-9-11-15(12-10-13)20(27)25-19(18(22)23)26-21(28)24-17-8-4-6-14-5-2-3-7-16(14)17/h2-12,18-19H,1H3,(H,25,27)(H2,24,26,28)/t19-/m1/s1. The molecule has 144 valence electrons. The predicted molar refractivity (Wildman–Crippen MR) is 121 cm³/mol. The van der Waals surface area contributed by atoms with E-state index < -0.39 is 11.0 Å².